The van der Waals surface area contributed by atoms with Crippen LogP contribution in [0.4, 0.5) is 5.69 Å². The van der Waals surface area contributed by atoms with E-state index in [1.807, 2.05) is 36.4 Å². The van der Waals surface area contributed by atoms with Crippen molar-refractivity contribution in [1.82, 2.24) is 23.7 Å². The molecule has 0 saturated heterocycles. The normalized spacial score (nSPS) is 11.7. The summed E-state index contributed by atoms with van der Waals surface area (Å²) in [6, 6.07) is 134. The van der Waals surface area contributed by atoms with Crippen molar-refractivity contribution < 1.29 is 4.42 Å². The minimum atomic E-state index is 0.336. The Morgan fingerprint density at radius 1 is 0.231 bits per heavy atom. The molecule has 5 aromatic heterocycles. The van der Waals surface area contributed by atoms with Gasteiger partial charge in [0.05, 0.1) is 73.7 Å². The van der Waals surface area contributed by atoms with E-state index < -0.39 is 0 Å². The monoisotopic (exact) mass is 1370 g/mol. The third-order valence-electron chi connectivity index (χ3n) is 21.7. The zero-order chi connectivity index (χ0) is 71.3. The maximum atomic E-state index is 10.2. The zero-order valence-corrected chi connectivity index (χ0v) is 58.4. The highest BCUT2D eigenvalue weighted by Crippen LogP contribution is 2.55. The molecule has 21 aromatic rings. The molecule has 0 bridgehead atoms. The average molecular weight is 1380 g/mol. The van der Waals surface area contributed by atoms with Crippen molar-refractivity contribution in [1.29, 1.82) is 0 Å². The lowest BCUT2D eigenvalue weighted by Gasteiger charge is -2.24. The first-order valence-electron chi connectivity index (χ1n) is 36.5. The van der Waals surface area contributed by atoms with Crippen LogP contribution >= 0.6 is 0 Å². The van der Waals surface area contributed by atoms with Crippen molar-refractivity contribution in [3.8, 4) is 118 Å². The lowest BCUT2D eigenvalue weighted by molar-refractivity contribution is 0.671. The third-order valence-corrected chi connectivity index (χ3v) is 21.7. The number of hydrogen-bond acceptors (Lipinski definition) is 3. The first-order valence-corrected chi connectivity index (χ1v) is 36.5. The molecule has 0 N–H and O–H groups in total. The highest BCUT2D eigenvalue weighted by atomic mass is 16.3. The third kappa shape index (κ3) is 10.1. The molecule has 16 aromatic carbocycles. The summed E-state index contributed by atoms with van der Waals surface area (Å²) in [4.78, 5) is 16.0. The predicted molar refractivity (Wildman–Crippen MR) is 448 cm³/mol. The van der Waals surface area contributed by atoms with E-state index in [9.17, 15) is 6.57 Å². The van der Waals surface area contributed by atoms with E-state index in [-0.39, 0.29) is 0 Å². The lowest BCUT2D eigenvalue weighted by atomic mass is 10.0. The molecule has 0 aliphatic carbocycles. The van der Waals surface area contributed by atoms with Crippen molar-refractivity contribution in [2.75, 3.05) is 0 Å². The summed E-state index contributed by atoms with van der Waals surface area (Å²) in [6.45, 7) is 10.2. The molecule has 0 atom stereocenters. The quantitative estimate of drug-likeness (QED) is 0.115. The van der Waals surface area contributed by atoms with Crippen LogP contribution in [-0.2, 0) is 0 Å². The highest BCUT2D eigenvalue weighted by Gasteiger charge is 2.35. The summed E-state index contributed by atoms with van der Waals surface area (Å²) in [5.41, 5.74) is 26.5. The first kappa shape index (κ1) is 61.9. The van der Waals surface area contributed by atoms with Gasteiger partial charge in [-0.3, -0.25) is 0 Å². The number of benzene rings is 16. The van der Waals surface area contributed by atoms with E-state index in [1.165, 1.54) is 0 Å². The molecule has 7 heteroatoms. The molecule has 0 fully saturated rings. The van der Waals surface area contributed by atoms with E-state index in [1.54, 1.807) is 0 Å². The van der Waals surface area contributed by atoms with Gasteiger partial charge in [-0.2, -0.15) is 0 Å². The van der Waals surface area contributed by atoms with Crippen molar-refractivity contribution in [3.05, 3.63) is 388 Å². The number of nitrogens with zero attached hydrogens (tertiary/aromatic N) is 6. The van der Waals surface area contributed by atoms with Crippen LogP contribution in [0.5, 0.6) is 0 Å². The molecular weight excluding hydrogens is 1310 g/mol. The molecule has 0 saturated carbocycles. The van der Waals surface area contributed by atoms with Crippen molar-refractivity contribution >= 4 is 93.0 Å². The Morgan fingerprint density at radius 2 is 0.509 bits per heavy atom. The smallest absolute Gasteiger partial charge is 0.255 e. The average Bonchev–Trinajstić information content (AvgIpc) is 1.51. The predicted octanol–water partition coefficient (Wildman–Crippen LogP) is 27.2. The Balaban J connectivity index is 0.994. The van der Waals surface area contributed by atoms with Crippen LogP contribution in [0, 0.1) is 6.57 Å². The van der Waals surface area contributed by atoms with Crippen LogP contribution < -0.4 is 0 Å². The Morgan fingerprint density at radius 3 is 0.806 bits per heavy atom. The largest absolute Gasteiger partial charge is 0.466 e. The van der Waals surface area contributed by atoms with Crippen LogP contribution in [0.25, 0.3) is 210 Å². The van der Waals surface area contributed by atoms with Gasteiger partial charge in [0.1, 0.15) is 11.2 Å². The van der Waals surface area contributed by atoms with E-state index in [2.05, 4.69) is 353 Å². The molecule has 0 radical (unpaired) electrons. The van der Waals surface area contributed by atoms with Gasteiger partial charge in [0.15, 0.2) is 5.82 Å². The minimum Gasteiger partial charge on any atom is -0.466 e. The number of rotatable bonds is 12. The summed E-state index contributed by atoms with van der Waals surface area (Å²) < 4.78 is 15.3. The fourth-order valence-electron chi connectivity index (χ4n) is 16.6. The van der Waals surface area contributed by atoms with E-state index >= 15 is 0 Å². The SMILES string of the molecule is [C-]#[N+]c1c(-n2c3ccc(-c4ccccc4)cc3c3cc(-c4ccccc4)ccc32)c(-n2c3ccc(-c4ccccc4)cc3c3cc(-c4ccccc4)ccc32)c(-n2c3ccc(-c4ccccc4)cc3c3cc(-c4ccccc4)ccc32)c2c1oc1c(-c3nc(-c4ccccc4)cc(-c4ccccc4)n3)cccc12. The Labute approximate surface area is 622 Å². The van der Waals surface area contributed by atoms with Crippen LogP contribution in [0.2, 0.25) is 0 Å². The molecule has 0 aliphatic heterocycles. The number of aromatic nitrogens is 5. The molecule has 7 nitrogen and oxygen atoms in total. The standard InChI is InChI=1S/C101H62N6O/c1-102-95-97(106-90-53-47-74(66-31-14-4-15-32-66)59-82(90)83-60-75(48-54-91(83)106)67-33-16-5-17-34-67)98(107-92-55-49-76(68-35-18-6-19-36-68)61-84(92)85-62-77(50-56-93(85)107)69-37-20-7-21-38-69)96(105-88-51-45-72(64-27-10-2-11-28-64)57-80(88)81-58-73(46-52-89(81)105)65-29-12-3-13-30-65)94-78-43-26-44-79(99(78)108-100(94)95)101-103-86(70-39-22-8-23-40-70)63-87(104-101)71-41-24-9-25-42-71/h2-63H. The van der Waals surface area contributed by atoms with Crippen molar-refractivity contribution in [2.24, 2.45) is 0 Å². The second-order valence-electron chi connectivity index (χ2n) is 27.8. The molecule has 0 amide bonds. The molecule has 21 rings (SSSR count). The molecule has 502 valence electrons. The Hall–Kier alpha value is -14.7. The minimum absolute atomic E-state index is 0.336. The van der Waals surface area contributed by atoms with Gasteiger partial charge < -0.3 is 18.1 Å². The fourth-order valence-corrected chi connectivity index (χ4v) is 16.6. The van der Waals surface area contributed by atoms with Gasteiger partial charge >= 0.3 is 0 Å². The summed E-state index contributed by atoms with van der Waals surface area (Å²) in [7, 11) is 0. The van der Waals surface area contributed by atoms with Gasteiger partial charge in [-0.25, -0.2) is 14.8 Å². The van der Waals surface area contributed by atoms with E-state index in [0.717, 1.165) is 177 Å². The maximum Gasteiger partial charge on any atom is 0.255 e. The van der Waals surface area contributed by atoms with Crippen LogP contribution in [-0.4, -0.2) is 23.7 Å². The van der Waals surface area contributed by atoms with Gasteiger partial charge in [0.2, 0.25) is 0 Å². The summed E-state index contributed by atoms with van der Waals surface area (Å²) >= 11 is 0. The van der Waals surface area contributed by atoms with Crippen LogP contribution in [0.3, 0.4) is 0 Å². The molecule has 0 aliphatic rings. The molecular formula is C101H62N6O. The topological polar surface area (TPSA) is 58.1 Å². The Kier molecular flexibility index (Phi) is 14.5. The molecule has 5 heterocycles. The lowest BCUT2D eigenvalue weighted by Crippen LogP contribution is -2.10. The van der Waals surface area contributed by atoms with Gasteiger partial charge in [0.25, 0.3) is 5.69 Å². The number of furan rings is 1. The van der Waals surface area contributed by atoms with Crippen molar-refractivity contribution in [3.63, 3.8) is 0 Å². The van der Waals surface area contributed by atoms with E-state index in [0.29, 0.717) is 33.9 Å². The molecule has 0 spiro atoms. The number of fused-ring (bicyclic) bond motifs is 12. The number of hydrogen-bond donors (Lipinski definition) is 0. The second-order valence-corrected chi connectivity index (χ2v) is 27.8. The summed E-state index contributed by atoms with van der Waals surface area (Å²) in [5, 5.41) is 7.85. The number of para-hydroxylation sites is 1. The zero-order valence-electron chi connectivity index (χ0n) is 58.4. The highest BCUT2D eigenvalue weighted by molar-refractivity contribution is 6.25. The van der Waals surface area contributed by atoms with Gasteiger partial charge in [-0.05, 0) is 152 Å². The summed E-state index contributed by atoms with van der Waals surface area (Å²) in [5.74, 6) is 0.488. The van der Waals surface area contributed by atoms with E-state index in [4.69, 9.17) is 19.2 Å². The first-order chi connectivity index (χ1) is 53.5. The van der Waals surface area contributed by atoms with Gasteiger partial charge in [-0.1, -0.05) is 291 Å². The Bertz CT molecular complexity index is 6830. The van der Waals surface area contributed by atoms with Crippen LogP contribution in [0.15, 0.2) is 381 Å². The van der Waals surface area contributed by atoms with Gasteiger partial charge in [-0.15, -0.1) is 0 Å². The summed E-state index contributed by atoms with van der Waals surface area (Å²) in [6.07, 6.45) is 0. The molecule has 0 unspecified atom stereocenters. The van der Waals surface area contributed by atoms with Crippen LogP contribution in [0.1, 0.15) is 0 Å². The fraction of sp³-hybridized carbons (Fsp3) is 0. The second kappa shape index (κ2) is 25.3. The van der Waals surface area contributed by atoms with Gasteiger partial charge in [0, 0.05) is 54.2 Å². The maximum absolute atomic E-state index is 10.2. The van der Waals surface area contributed by atoms with Crippen molar-refractivity contribution in [2.45, 2.75) is 0 Å². The molecule has 108 heavy (non-hydrogen) atoms.